The molecule has 1 atom stereocenters. The number of hydrogen-bond acceptors (Lipinski definition) is 0. The molecule has 0 heterocycles. The summed E-state index contributed by atoms with van der Waals surface area (Å²) in [6.45, 7) is 13.4. The number of rotatable bonds is 3. The minimum atomic E-state index is 0.880. The second-order valence-electron chi connectivity index (χ2n) is 3.85. The van der Waals surface area contributed by atoms with Gasteiger partial charge in [0.25, 0.3) is 0 Å². The SMILES string of the molecule is CCC.CCC(C)CC(C)C. The quantitative estimate of drug-likeness (QED) is 0.567. The molecule has 0 rings (SSSR count). The van der Waals surface area contributed by atoms with Crippen molar-refractivity contribution in [1.82, 2.24) is 0 Å². The highest BCUT2D eigenvalue weighted by Gasteiger charge is 2.00. The zero-order chi connectivity index (χ0) is 9.28. The molecule has 0 aliphatic heterocycles. The summed E-state index contributed by atoms with van der Waals surface area (Å²) in [5.74, 6) is 1.81. The van der Waals surface area contributed by atoms with E-state index >= 15 is 0 Å². The molecule has 11 heavy (non-hydrogen) atoms. The van der Waals surface area contributed by atoms with E-state index in [-0.39, 0.29) is 0 Å². The monoisotopic (exact) mass is 158 g/mol. The fourth-order valence-electron chi connectivity index (χ4n) is 0.971. The summed E-state index contributed by atoms with van der Waals surface area (Å²) >= 11 is 0. The molecule has 70 valence electrons. The second-order valence-corrected chi connectivity index (χ2v) is 3.85. The minimum Gasteiger partial charge on any atom is -0.0656 e. The zero-order valence-corrected chi connectivity index (χ0v) is 9.28. The first kappa shape index (κ1) is 13.6. The predicted octanol–water partition coefficient (Wildman–Crippen LogP) is 4.49. The van der Waals surface area contributed by atoms with Gasteiger partial charge in [-0.15, -0.1) is 0 Å². The van der Waals surface area contributed by atoms with E-state index in [0.29, 0.717) is 0 Å². The average Bonchev–Trinajstić information content (AvgIpc) is 1.88. The van der Waals surface area contributed by atoms with E-state index < -0.39 is 0 Å². The topological polar surface area (TPSA) is 0 Å². The van der Waals surface area contributed by atoms with E-state index in [2.05, 4.69) is 41.5 Å². The Morgan fingerprint density at radius 1 is 0.909 bits per heavy atom. The van der Waals surface area contributed by atoms with Crippen LogP contribution >= 0.6 is 0 Å². The highest BCUT2D eigenvalue weighted by Crippen LogP contribution is 2.12. The van der Waals surface area contributed by atoms with Crippen LogP contribution in [0.25, 0.3) is 0 Å². The minimum absolute atomic E-state index is 0.880. The van der Waals surface area contributed by atoms with Gasteiger partial charge in [0.2, 0.25) is 0 Å². The summed E-state index contributed by atoms with van der Waals surface area (Å²) in [6, 6.07) is 0. The van der Waals surface area contributed by atoms with Crippen molar-refractivity contribution in [3.8, 4) is 0 Å². The molecule has 0 saturated heterocycles. The van der Waals surface area contributed by atoms with Crippen molar-refractivity contribution in [3.05, 3.63) is 0 Å². The Hall–Kier alpha value is 0. The molecule has 0 aliphatic carbocycles. The smallest absolute Gasteiger partial charge is 0.0443 e. The van der Waals surface area contributed by atoms with E-state index in [9.17, 15) is 0 Å². The van der Waals surface area contributed by atoms with Gasteiger partial charge in [0, 0.05) is 0 Å². The van der Waals surface area contributed by atoms with Gasteiger partial charge in [-0.2, -0.15) is 0 Å². The van der Waals surface area contributed by atoms with Crippen molar-refractivity contribution in [1.29, 1.82) is 0 Å². The Morgan fingerprint density at radius 2 is 1.27 bits per heavy atom. The molecular weight excluding hydrogens is 132 g/mol. The molecule has 0 bridgehead atoms. The largest absolute Gasteiger partial charge is 0.0656 e. The van der Waals surface area contributed by atoms with Crippen LogP contribution in [0.15, 0.2) is 0 Å². The van der Waals surface area contributed by atoms with Gasteiger partial charge in [-0.1, -0.05) is 54.4 Å². The summed E-state index contributed by atoms with van der Waals surface area (Å²) in [5.41, 5.74) is 0. The first-order chi connectivity index (χ1) is 5.08. The van der Waals surface area contributed by atoms with Crippen LogP contribution in [-0.4, -0.2) is 0 Å². The van der Waals surface area contributed by atoms with Crippen molar-refractivity contribution >= 4 is 0 Å². The Morgan fingerprint density at radius 3 is 1.36 bits per heavy atom. The molecule has 0 aromatic rings. The lowest BCUT2D eigenvalue weighted by Crippen LogP contribution is -1.97. The van der Waals surface area contributed by atoms with Gasteiger partial charge in [0.15, 0.2) is 0 Å². The van der Waals surface area contributed by atoms with Crippen LogP contribution in [0.3, 0.4) is 0 Å². The lowest BCUT2D eigenvalue weighted by molar-refractivity contribution is 0.429. The van der Waals surface area contributed by atoms with Crippen LogP contribution < -0.4 is 0 Å². The predicted molar refractivity (Wildman–Crippen MR) is 54.9 cm³/mol. The molecule has 0 aromatic carbocycles. The second kappa shape index (κ2) is 10.0. The van der Waals surface area contributed by atoms with Crippen LogP contribution in [-0.2, 0) is 0 Å². The molecule has 0 aliphatic rings. The van der Waals surface area contributed by atoms with Crippen LogP contribution in [0.2, 0.25) is 0 Å². The Bertz CT molecular complexity index is 55.1. The highest BCUT2D eigenvalue weighted by molar-refractivity contribution is 4.52. The average molecular weight is 158 g/mol. The third kappa shape index (κ3) is 17.8. The maximum atomic E-state index is 2.32. The Balaban J connectivity index is 0. The lowest BCUT2D eigenvalue weighted by Gasteiger charge is -2.09. The summed E-state index contributed by atoms with van der Waals surface area (Å²) in [7, 11) is 0. The van der Waals surface area contributed by atoms with Crippen molar-refractivity contribution in [2.75, 3.05) is 0 Å². The maximum Gasteiger partial charge on any atom is -0.0443 e. The summed E-state index contributed by atoms with van der Waals surface area (Å²) < 4.78 is 0. The molecule has 0 heteroatoms. The molecule has 0 radical (unpaired) electrons. The van der Waals surface area contributed by atoms with E-state index in [4.69, 9.17) is 0 Å². The van der Waals surface area contributed by atoms with E-state index in [0.717, 1.165) is 11.8 Å². The Kier molecular flexibility index (Phi) is 12.3. The molecule has 0 N–H and O–H groups in total. The summed E-state index contributed by atoms with van der Waals surface area (Å²) in [4.78, 5) is 0. The molecular formula is C11H26. The van der Waals surface area contributed by atoms with Crippen molar-refractivity contribution < 1.29 is 0 Å². The molecule has 0 spiro atoms. The normalized spacial score (nSPS) is 12.3. The summed E-state index contributed by atoms with van der Waals surface area (Å²) in [5, 5.41) is 0. The molecule has 0 amide bonds. The molecule has 0 fully saturated rings. The fraction of sp³-hybridized carbons (Fsp3) is 1.00. The van der Waals surface area contributed by atoms with Crippen LogP contribution in [0.5, 0.6) is 0 Å². The van der Waals surface area contributed by atoms with E-state index in [1.165, 1.54) is 19.3 Å². The highest BCUT2D eigenvalue weighted by atomic mass is 14.1. The fourth-order valence-corrected chi connectivity index (χ4v) is 0.971. The lowest BCUT2D eigenvalue weighted by atomic mass is 9.97. The van der Waals surface area contributed by atoms with Gasteiger partial charge < -0.3 is 0 Å². The van der Waals surface area contributed by atoms with Gasteiger partial charge in [0.05, 0.1) is 0 Å². The molecule has 0 nitrogen and oxygen atoms in total. The van der Waals surface area contributed by atoms with Gasteiger partial charge in [-0.3, -0.25) is 0 Å². The van der Waals surface area contributed by atoms with E-state index in [1.54, 1.807) is 0 Å². The Labute approximate surface area is 73.4 Å². The van der Waals surface area contributed by atoms with Crippen LogP contribution in [0, 0.1) is 11.8 Å². The van der Waals surface area contributed by atoms with Gasteiger partial charge >= 0.3 is 0 Å². The zero-order valence-electron chi connectivity index (χ0n) is 9.28. The number of hydrogen-bond donors (Lipinski definition) is 0. The van der Waals surface area contributed by atoms with Gasteiger partial charge in [-0.25, -0.2) is 0 Å². The van der Waals surface area contributed by atoms with Crippen LogP contribution in [0.4, 0.5) is 0 Å². The molecule has 0 aromatic heterocycles. The summed E-state index contributed by atoms with van der Waals surface area (Å²) in [6.07, 6.45) is 3.97. The van der Waals surface area contributed by atoms with Crippen molar-refractivity contribution in [2.45, 2.75) is 60.8 Å². The van der Waals surface area contributed by atoms with Crippen LogP contribution in [0.1, 0.15) is 60.8 Å². The first-order valence-corrected chi connectivity index (χ1v) is 5.08. The maximum absolute atomic E-state index is 2.32. The first-order valence-electron chi connectivity index (χ1n) is 5.08. The van der Waals surface area contributed by atoms with E-state index in [1.807, 2.05) is 0 Å². The third-order valence-electron chi connectivity index (χ3n) is 1.57. The van der Waals surface area contributed by atoms with Gasteiger partial charge in [-0.05, 0) is 18.3 Å². The molecule has 1 unspecified atom stereocenters. The van der Waals surface area contributed by atoms with Crippen molar-refractivity contribution in [3.63, 3.8) is 0 Å². The van der Waals surface area contributed by atoms with Crippen molar-refractivity contribution in [2.24, 2.45) is 11.8 Å². The molecule has 0 saturated carbocycles. The third-order valence-corrected chi connectivity index (χ3v) is 1.57. The van der Waals surface area contributed by atoms with Gasteiger partial charge in [0.1, 0.15) is 0 Å². The standard InChI is InChI=1S/C8H18.C3H8/c1-5-8(4)6-7(2)3;1-3-2/h7-8H,5-6H2,1-4H3;3H2,1-2H3.